The molecule has 0 spiro atoms. The van der Waals surface area contributed by atoms with Crippen molar-refractivity contribution in [1.82, 2.24) is 20.2 Å². The molecule has 7 heteroatoms. The number of nitrogens with zero attached hydrogens (tertiary/aromatic N) is 1. The Hall–Kier alpha value is -3.58. The van der Waals surface area contributed by atoms with Crippen LogP contribution in [0.3, 0.4) is 0 Å². The summed E-state index contributed by atoms with van der Waals surface area (Å²) in [5, 5.41) is 5.32. The van der Waals surface area contributed by atoms with E-state index in [4.69, 9.17) is 5.73 Å². The first-order valence-electron chi connectivity index (χ1n) is 13.7. The van der Waals surface area contributed by atoms with E-state index in [1.165, 1.54) is 11.1 Å². The molecule has 5 rings (SSSR count). The smallest absolute Gasteiger partial charge is 0.251 e. The Kier molecular flexibility index (Phi) is 7.30. The highest BCUT2D eigenvalue weighted by Crippen LogP contribution is 2.33. The number of H-pyrrole nitrogens is 2. The maximum atomic E-state index is 12.6. The number of carbonyl (C=O) groups is 2. The molecule has 7 nitrogen and oxygen atoms in total. The third-order valence-electron chi connectivity index (χ3n) is 7.71. The molecule has 0 radical (unpaired) electrons. The number of piperidine rings is 1. The number of benzene rings is 2. The van der Waals surface area contributed by atoms with Crippen LogP contribution in [0.2, 0.25) is 0 Å². The zero-order valence-corrected chi connectivity index (χ0v) is 22.7. The number of likely N-dealkylation sites (tertiary alicyclic amines) is 1. The van der Waals surface area contributed by atoms with E-state index in [-0.39, 0.29) is 17.4 Å². The minimum atomic E-state index is -0.382. The van der Waals surface area contributed by atoms with Gasteiger partial charge in [-0.2, -0.15) is 0 Å². The molecule has 2 amide bonds. The molecule has 4 aromatic rings. The average Bonchev–Trinajstić information content (AvgIpc) is 3.49. The highest BCUT2D eigenvalue weighted by atomic mass is 16.2. The molecule has 1 aliphatic rings. The summed E-state index contributed by atoms with van der Waals surface area (Å²) >= 11 is 0. The van der Waals surface area contributed by atoms with Crippen LogP contribution in [0.25, 0.3) is 21.8 Å². The van der Waals surface area contributed by atoms with Crippen molar-refractivity contribution in [2.45, 2.75) is 64.3 Å². The predicted molar refractivity (Wildman–Crippen MR) is 154 cm³/mol. The summed E-state index contributed by atoms with van der Waals surface area (Å²) in [6.07, 6.45) is 9.70. The molecule has 0 aliphatic carbocycles. The first kappa shape index (κ1) is 26.0. The average molecular weight is 514 g/mol. The molecule has 200 valence electrons. The van der Waals surface area contributed by atoms with Gasteiger partial charge in [0.05, 0.1) is 0 Å². The molecule has 0 bridgehead atoms. The molecule has 1 aliphatic heterocycles. The lowest BCUT2D eigenvalue weighted by atomic mass is 9.88. The fourth-order valence-corrected chi connectivity index (χ4v) is 5.69. The van der Waals surface area contributed by atoms with Crippen molar-refractivity contribution in [2.24, 2.45) is 5.73 Å². The lowest BCUT2D eigenvalue weighted by molar-refractivity contribution is 0.0918. The Morgan fingerprint density at radius 1 is 0.947 bits per heavy atom. The van der Waals surface area contributed by atoms with Gasteiger partial charge in [0.2, 0.25) is 5.91 Å². The highest BCUT2D eigenvalue weighted by Gasteiger charge is 2.23. The number of aromatic amines is 2. The van der Waals surface area contributed by atoms with Crippen LogP contribution in [0, 0.1) is 0 Å². The van der Waals surface area contributed by atoms with Gasteiger partial charge in [-0.3, -0.25) is 9.59 Å². The fourth-order valence-electron chi connectivity index (χ4n) is 5.69. The van der Waals surface area contributed by atoms with Crippen molar-refractivity contribution < 1.29 is 9.59 Å². The summed E-state index contributed by atoms with van der Waals surface area (Å²) < 4.78 is 0. The van der Waals surface area contributed by atoms with E-state index in [0.717, 1.165) is 73.5 Å². The number of hydrogen-bond acceptors (Lipinski definition) is 3. The molecule has 5 N–H and O–H groups in total. The van der Waals surface area contributed by atoms with E-state index in [2.05, 4.69) is 32.6 Å². The Balaban J connectivity index is 1.12. The van der Waals surface area contributed by atoms with Crippen LogP contribution >= 0.6 is 0 Å². The highest BCUT2D eigenvalue weighted by molar-refractivity contribution is 5.99. The van der Waals surface area contributed by atoms with Crippen LogP contribution < -0.4 is 11.1 Å². The summed E-state index contributed by atoms with van der Waals surface area (Å²) in [7, 11) is 0. The van der Waals surface area contributed by atoms with Gasteiger partial charge in [0.15, 0.2) is 0 Å². The Morgan fingerprint density at radius 2 is 1.61 bits per heavy atom. The molecule has 0 saturated carbocycles. The van der Waals surface area contributed by atoms with E-state index >= 15 is 0 Å². The molecule has 3 heterocycles. The van der Waals surface area contributed by atoms with Crippen molar-refractivity contribution in [2.75, 3.05) is 19.6 Å². The number of carbonyl (C=O) groups excluding carboxylic acids is 2. The first-order chi connectivity index (χ1) is 18.2. The van der Waals surface area contributed by atoms with Gasteiger partial charge < -0.3 is 25.9 Å². The second-order valence-electron chi connectivity index (χ2n) is 11.7. The number of rotatable bonds is 8. The molecule has 2 aromatic carbocycles. The maximum absolute atomic E-state index is 12.6. The van der Waals surface area contributed by atoms with Gasteiger partial charge in [0.25, 0.3) is 5.91 Å². The molecular formula is C31H39N5O2. The first-order valence-corrected chi connectivity index (χ1v) is 13.7. The Labute approximate surface area is 224 Å². The predicted octanol–water partition coefficient (Wildman–Crippen LogP) is 5.48. The third kappa shape index (κ3) is 5.78. The minimum Gasteiger partial charge on any atom is -0.366 e. The molecular weight excluding hydrogens is 474 g/mol. The van der Waals surface area contributed by atoms with Gasteiger partial charge in [-0.15, -0.1) is 0 Å². The number of unbranched alkanes of at least 4 members (excludes halogenated alkanes) is 1. The van der Waals surface area contributed by atoms with Crippen LogP contribution in [0.5, 0.6) is 0 Å². The van der Waals surface area contributed by atoms with Gasteiger partial charge in [-0.25, -0.2) is 0 Å². The number of aromatic nitrogens is 2. The van der Waals surface area contributed by atoms with Gasteiger partial charge in [0, 0.05) is 50.9 Å². The van der Waals surface area contributed by atoms with Crippen LogP contribution in [-0.2, 0) is 6.42 Å². The molecule has 0 atom stereocenters. The number of amides is 2. The second kappa shape index (κ2) is 10.7. The summed E-state index contributed by atoms with van der Waals surface area (Å²) in [5.74, 6) is 0.0860. The number of nitrogens with two attached hydrogens (primary N) is 1. The summed E-state index contributed by atoms with van der Waals surface area (Å²) in [6, 6.07) is 11.6. The second-order valence-corrected chi connectivity index (χ2v) is 11.7. The van der Waals surface area contributed by atoms with E-state index in [1.807, 2.05) is 51.1 Å². The third-order valence-corrected chi connectivity index (χ3v) is 7.71. The van der Waals surface area contributed by atoms with Crippen LogP contribution in [-0.4, -0.2) is 51.9 Å². The zero-order chi connectivity index (χ0) is 26.9. The SMILES string of the molecule is CC(C)(C)NC(=O)c1ccc2[nH]cc(CCCCN3CCC(c4c[nH]c5ccc(C(N)=O)cc45)CC3)c2c1. The van der Waals surface area contributed by atoms with Crippen LogP contribution in [0.1, 0.15) is 84.2 Å². The maximum Gasteiger partial charge on any atom is 0.251 e. The van der Waals surface area contributed by atoms with Crippen LogP contribution in [0.15, 0.2) is 48.8 Å². The van der Waals surface area contributed by atoms with Gasteiger partial charge in [-0.1, -0.05) is 0 Å². The van der Waals surface area contributed by atoms with Crippen molar-refractivity contribution >= 4 is 33.6 Å². The molecule has 1 saturated heterocycles. The van der Waals surface area contributed by atoms with E-state index in [0.29, 0.717) is 17.0 Å². The normalized spacial score (nSPS) is 15.3. The summed E-state index contributed by atoms with van der Waals surface area (Å²) in [5.41, 5.74) is 11.2. The summed E-state index contributed by atoms with van der Waals surface area (Å²) in [6.45, 7) is 9.27. The van der Waals surface area contributed by atoms with Crippen molar-refractivity contribution in [3.8, 4) is 0 Å². The van der Waals surface area contributed by atoms with Gasteiger partial charge >= 0.3 is 0 Å². The monoisotopic (exact) mass is 513 g/mol. The Morgan fingerprint density at radius 3 is 2.32 bits per heavy atom. The van der Waals surface area contributed by atoms with E-state index < -0.39 is 0 Å². The van der Waals surface area contributed by atoms with Gasteiger partial charge in [-0.05, 0) is 126 Å². The van der Waals surface area contributed by atoms with Crippen molar-refractivity contribution in [1.29, 1.82) is 0 Å². The van der Waals surface area contributed by atoms with Crippen LogP contribution in [0.4, 0.5) is 0 Å². The molecule has 1 fully saturated rings. The zero-order valence-electron chi connectivity index (χ0n) is 22.7. The lowest BCUT2D eigenvalue weighted by Crippen LogP contribution is -2.40. The van der Waals surface area contributed by atoms with E-state index in [9.17, 15) is 9.59 Å². The topological polar surface area (TPSA) is 107 Å². The number of nitrogens with one attached hydrogen (secondary N) is 3. The minimum absolute atomic E-state index is 0.0316. The largest absolute Gasteiger partial charge is 0.366 e. The molecule has 2 aromatic heterocycles. The number of fused-ring (bicyclic) bond motifs is 2. The van der Waals surface area contributed by atoms with Crippen molar-refractivity contribution in [3.63, 3.8) is 0 Å². The quantitative estimate of drug-likeness (QED) is 0.234. The summed E-state index contributed by atoms with van der Waals surface area (Å²) in [4.78, 5) is 33.6. The van der Waals surface area contributed by atoms with E-state index in [1.54, 1.807) is 6.07 Å². The Bertz CT molecular complexity index is 1450. The lowest BCUT2D eigenvalue weighted by Gasteiger charge is -2.32. The van der Waals surface area contributed by atoms with Crippen molar-refractivity contribution in [3.05, 3.63) is 71.0 Å². The number of aryl methyl sites for hydroxylation is 1. The fraction of sp³-hybridized carbons (Fsp3) is 0.419. The molecule has 38 heavy (non-hydrogen) atoms. The number of hydrogen-bond donors (Lipinski definition) is 4. The number of primary amides is 1. The van der Waals surface area contributed by atoms with Gasteiger partial charge in [0.1, 0.15) is 0 Å². The molecule has 0 unspecified atom stereocenters. The standard InChI is InChI=1S/C31H39N5O2/c1-31(2,3)35-30(38)22-8-10-27-24(17-22)23(18-33-27)6-4-5-13-36-14-11-20(12-15-36)26-19-34-28-9-7-21(29(32)37)16-25(26)28/h7-10,16-20,33-34H,4-6,11-15H2,1-3H3,(H2,32,37)(H,35,38).